The Bertz CT molecular complexity index is 666. The average Bonchev–Trinajstić information content (AvgIpc) is 2.82. The Balaban J connectivity index is 2.25. The van der Waals surface area contributed by atoms with Gasteiger partial charge in [-0.2, -0.15) is 5.10 Å². The van der Waals surface area contributed by atoms with Gasteiger partial charge in [0.15, 0.2) is 0 Å². The molecule has 102 valence electrons. The number of sulfonamides is 1. The number of aryl methyl sites for hydroxylation is 1. The van der Waals surface area contributed by atoms with Crippen LogP contribution in [0, 0.1) is 6.92 Å². The Kier molecular flexibility index (Phi) is 3.82. The molecule has 0 aliphatic rings. The van der Waals surface area contributed by atoms with Gasteiger partial charge in [-0.25, -0.2) is 8.42 Å². The highest BCUT2D eigenvalue weighted by atomic mass is 32.2. The van der Waals surface area contributed by atoms with Crippen LogP contribution in [0.3, 0.4) is 0 Å². The van der Waals surface area contributed by atoms with E-state index in [1.165, 1.54) is 17.1 Å². The predicted octanol–water partition coefficient (Wildman–Crippen LogP) is 0.380. The van der Waals surface area contributed by atoms with Crippen molar-refractivity contribution in [2.24, 2.45) is 0 Å². The van der Waals surface area contributed by atoms with Gasteiger partial charge >= 0.3 is 0 Å². The number of anilines is 1. The topological polar surface area (TPSA) is 97.1 Å². The van der Waals surface area contributed by atoms with E-state index in [0.29, 0.717) is 11.4 Å². The van der Waals surface area contributed by atoms with Crippen molar-refractivity contribution in [3.8, 4) is 0 Å². The molecule has 0 aliphatic carbocycles. The monoisotopic (exact) mass is 282 g/mol. The van der Waals surface area contributed by atoms with Crippen LogP contribution >= 0.6 is 0 Å². The minimum Gasteiger partial charge on any atom is -0.394 e. The first-order chi connectivity index (χ1) is 9.03. The van der Waals surface area contributed by atoms with Gasteiger partial charge in [0.25, 0.3) is 10.0 Å². The van der Waals surface area contributed by atoms with Gasteiger partial charge in [0, 0.05) is 12.4 Å². The van der Waals surface area contributed by atoms with E-state index in [0.717, 1.165) is 0 Å². The van der Waals surface area contributed by atoms with E-state index < -0.39 is 10.0 Å². The number of nitrogens with zero attached hydrogens (tertiary/aromatic N) is 3. The minimum absolute atomic E-state index is 0.0456. The van der Waals surface area contributed by atoms with Crippen LogP contribution in [0.4, 0.5) is 5.69 Å². The highest BCUT2D eigenvalue weighted by Gasteiger charge is 2.17. The first-order valence-corrected chi connectivity index (χ1v) is 7.09. The van der Waals surface area contributed by atoms with Crippen molar-refractivity contribution in [3.05, 3.63) is 36.4 Å². The van der Waals surface area contributed by atoms with Crippen molar-refractivity contribution < 1.29 is 13.5 Å². The molecule has 2 aromatic rings. The number of hydrogen-bond donors (Lipinski definition) is 2. The van der Waals surface area contributed by atoms with Crippen LogP contribution in [-0.4, -0.2) is 34.9 Å². The molecule has 0 aliphatic heterocycles. The fraction of sp³-hybridized carbons (Fsp3) is 0.273. The molecule has 8 heteroatoms. The number of pyridine rings is 1. The van der Waals surface area contributed by atoms with Crippen LogP contribution in [0.1, 0.15) is 5.69 Å². The summed E-state index contributed by atoms with van der Waals surface area (Å²) in [7, 11) is -3.69. The maximum atomic E-state index is 12.1. The molecular weight excluding hydrogens is 268 g/mol. The molecule has 0 bridgehead atoms. The van der Waals surface area contributed by atoms with Crippen molar-refractivity contribution in [3.63, 3.8) is 0 Å². The second-order valence-electron chi connectivity index (χ2n) is 3.90. The smallest absolute Gasteiger partial charge is 0.265 e. The molecule has 0 atom stereocenters. The lowest BCUT2D eigenvalue weighted by Gasteiger charge is -2.07. The number of aliphatic hydroxyl groups is 1. The lowest BCUT2D eigenvalue weighted by atomic mass is 10.3. The predicted molar refractivity (Wildman–Crippen MR) is 69.1 cm³/mol. The standard InChI is InChI=1S/C11H14N4O3S/c1-9-11(3-2-4-12-9)14-19(17,18)10-7-13-15(8-10)5-6-16/h2-4,7-8,14,16H,5-6H2,1H3. The molecule has 2 rings (SSSR count). The van der Waals surface area contributed by atoms with Gasteiger partial charge < -0.3 is 5.11 Å². The van der Waals surface area contributed by atoms with Crippen molar-refractivity contribution in [1.29, 1.82) is 0 Å². The Hall–Kier alpha value is -1.93. The Morgan fingerprint density at radius 1 is 1.47 bits per heavy atom. The zero-order valence-electron chi connectivity index (χ0n) is 10.3. The molecule has 0 amide bonds. The summed E-state index contributed by atoms with van der Waals surface area (Å²) >= 11 is 0. The molecule has 0 unspecified atom stereocenters. The van der Waals surface area contributed by atoms with E-state index in [1.54, 1.807) is 25.3 Å². The number of hydrogen-bond acceptors (Lipinski definition) is 5. The molecule has 0 fully saturated rings. The van der Waals surface area contributed by atoms with Crippen LogP contribution < -0.4 is 4.72 Å². The normalized spacial score (nSPS) is 11.5. The zero-order valence-corrected chi connectivity index (χ0v) is 11.1. The Labute approximate surface area is 111 Å². The lowest BCUT2D eigenvalue weighted by Crippen LogP contribution is -2.13. The highest BCUT2D eigenvalue weighted by Crippen LogP contribution is 2.17. The number of rotatable bonds is 5. The second kappa shape index (κ2) is 5.37. The van der Waals surface area contributed by atoms with Crippen LogP contribution in [0.2, 0.25) is 0 Å². The number of aliphatic hydroxyl groups excluding tert-OH is 1. The molecule has 2 heterocycles. The number of nitrogens with one attached hydrogen (secondary N) is 1. The Morgan fingerprint density at radius 3 is 2.95 bits per heavy atom. The SMILES string of the molecule is Cc1ncccc1NS(=O)(=O)c1cnn(CCO)c1. The molecule has 2 N–H and O–H groups in total. The molecule has 0 radical (unpaired) electrons. The molecule has 0 saturated carbocycles. The molecule has 0 saturated heterocycles. The third kappa shape index (κ3) is 3.09. The molecule has 0 aromatic carbocycles. The van der Waals surface area contributed by atoms with Gasteiger partial charge in [0.05, 0.1) is 30.7 Å². The van der Waals surface area contributed by atoms with Gasteiger partial charge in [0.1, 0.15) is 4.90 Å². The first kappa shape index (κ1) is 13.5. The van der Waals surface area contributed by atoms with Crippen LogP contribution in [-0.2, 0) is 16.6 Å². The maximum Gasteiger partial charge on any atom is 0.265 e. The summed E-state index contributed by atoms with van der Waals surface area (Å²) in [6.07, 6.45) is 4.19. The maximum absolute atomic E-state index is 12.1. The molecule has 0 spiro atoms. The van der Waals surface area contributed by atoms with Crippen molar-refractivity contribution in [2.75, 3.05) is 11.3 Å². The minimum atomic E-state index is -3.69. The van der Waals surface area contributed by atoms with E-state index in [9.17, 15) is 8.42 Å². The average molecular weight is 282 g/mol. The summed E-state index contributed by atoms with van der Waals surface area (Å²) in [6.45, 7) is 1.87. The first-order valence-electron chi connectivity index (χ1n) is 5.60. The van der Waals surface area contributed by atoms with Gasteiger partial charge in [-0.1, -0.05) is 0 Å². The molecular formula is C11H14N4O3S. The van der Waals surface area contributed by atoms with E-state index in [2.05, 4.69) is 14.8 Å². The van der Waals surface area contributed by atoms with Crippen molar-refractivity contribution in [1.82, 2.24) is 14.8 Å². The fourth-order valence-electron chi connectivity index (χ4n) is 1.50. The summed E-state index contributed by atoms with van der Waals surface area (Å²) in [5, 5.41) is 12.6. The second-order valence-corrected chi connectivity index (χ2v) is 5.59. The van der Waals surface area contributed by atoms with Crippen LogP contribution in [0.15, 0.2) is 35.6 Å². The van der Waals surface area contributed by atoms with Crippen LogP contribution in [0.5, 0.6) is 0 Å². The summed E-state index contributed by atoms with van der Waals surface area (Å²) in [5.74, 6) is 0. The van der Waals surface area contributed by atoms with E-state index in [1.807, 2.05) is 0 Å². The summed E-state index contributed by atoms with van der Waals surface area (Å²) in [6, 6.07) is 3.29. The van der Waals surface area contributed by atoms with Crippen molar-refractivity contribution >= 4 is 15.7 Å². The quantitative estimate of drug-likeness (QED) is 0.826. The highest BCUT2D eigenvalue weighted by molar-refractivity contribution is 7.92. The van der Waals surface area contributed by atoms with Gasteiger partial charge in [0.2, 0.25) is 0 Å². The van der Waals surface area contributed by atoms with Gasteiger partial charge in [-0.05, 0) is 19.1 Å². The van der Waals surface area contributed by atoms with Crippen molar-refractivity contribution in [2.45, 2.75) is 18.4 Å². The summed E-state index contributed by atoms with van der Waals surface area (Å²) < 4.78 is 28.1. The van der Waals surface area contributed by atoms with E-state index in [4.69, 9.17) is 5.11 Å². The fourth-order valence-corrected chi connectivity index (χ4v) is 2.57. The lowest BCUT2D eigenvalue weighted by molar-refractivity contribution is 0.269. The summed E-state index contributed by atoms with van der Waals surface area (Å²) in [4.78, 5) is 4.06. The van der Waals surface area contributed by atoms with E-state index in [-0.39, 0.29) is 18.0 Å². The van der Waals surface area contributed by atoms with Crippen LogP contribution in [0.25, 0.3) is 0 Å². The van der Waals surface area contributed by atoms with Gasteiger partial charge in [-0.3, -0.25) is 14.4 Å². The molecule has 7 nitrogen and oxygen atoms in total. The third-order valence-electron chi connectivity index (χ3n) is 2.50. The molecule has 19 heavy (non-hydrogen) atoms. The third-order valence-corrected chi connectivity index (χ3v) is 3.82. The number of aromatic nitrogens is 3. The van der Waals surface area contributed by atoms with Gasteiger partial charge in [-0.15, -0.1) is 0 Å². The largest absolute Gasteiger partial charge is 0.394 e. The zero-order chi connectivity index (χ0) is 13.9. The Morgan fingerprint density at radius 2 is 2.26 bits per heavy atom. The summed E-state index contributed by atoms with van der Waals surface area (Å²) in [5.41, 5.74) is 1.02. The molecule has 2 aromatic heterocycles. The van der Waals surface area contributed by atoms with E-state index >= 15 is 0 Å².